The summed E-state index contributed by atoms with van der Waals surface area (Å²) < 4.78 is 32.3. The van der Waals surface area contributed by atoms with Crippen molar-refractivity contribution in [3.8, 4) is 0 Å². The predicted molar refractivity (Wildman–Crippen MR) is 103 cm³/mol. The van der Waals surface area contributed by atoms with Gasteiger partial charge in [0.05, 0.1) is 19.3 Å². The lowest BCUT2D eigenvalue weighted by atomic mass is 10.3. The lowest BCUT2D eigenvalue weighted by molar-refractivity contribution is 0.00530. The first kappa shape index (κ1) is 20.6. The zero-order valence-corrected chi connectivity index (χ0v) is 17.2. The van der Waals surface area contributed by atoms with Crippen LogP contribution in [0.2, 0.25) is 0 Å². The summed E-state index contributed by atoms with van der Waals surface area (Å²) in [5, 5.41) is 0. The third kappa shape index (κ3) is 6.18. The van der Waals surface area contributed by atoms with Crippen LogP contribution < -0.4 is 10.5 Å². The number of hydrogen-bond donors (Lipinski definition) is 2. The lowest BCUT2D eigenvalue weighted by Crippen LogP contribution is -2.48. The van der Waals surface area contributed by atoms with Crippen LogP contribution in [0.3, 0.4) is 0 Å². The molecule has 23 heavy (non-hydrogen) atoms. The van der Waals surface area contributed by atoms with Crippen LogP contribution in [0, 0.1) is 6.92 Å². The quantitative estimate of drug-likeness (QED) is 0.287. The number of sulfonamides is 1. The maximum atomic E-state index is 12.0. The minimum absolute atomic E-state index is 0. The molecule has 1 aromatic rings. The van der Waals surface area contributed by atoms with E-state index in [1.165, 1.54) is 11.3 Å². The Morgan fingerprint density at radius 2 is 2.30 bits per heavy atom. The summed E-state index contributed by atoms with van der Waals surface area (Å²) in [4.78, 5) is 7.14. The Kier molecular flexibility index (Phi) is 8.21. The predicted octanol–water partition coefficient (Wildman–Crippen LogP) is 0.988. The normalized spacial score (nSPS) is 19.5. The number of aliphatic imine (C=N–C) groups is 1. The molecule has 0 aliphatic carbocycles. The number of thiophene rings is 1. The largest absolute Gasteiger partial charge is 0.375 e. The summed E-state index contributed by atoms with van der Waals surface area (Å²) >= 11 is 1.25. The van der Waals surface area contributed by atoms with Gasteiger partial charge in [-0.3, -0.25) is 4.99 Å². The van der Waals surface area contributed by atoms with E-state index >= 15 is 0 Å². The standard InChI is InChI=1S/C13H22N4O3S2.HI/c1-10-9-17(7-8-20-10)13(14)15-5-6-16-22(18,19)12-4-3-11(2)21-12;/h3-4,10,16H,5-9H2,1-2H3,(H2,14,15);1H. The number of nitrogens with one attached hydrogen (secondary N) is 1. The van der Waals surface area contributed by atoms with Gasteiger partial charge in [0.15, 0.2) is 5.96 Å². The average molecular weight is 474 g/mol. The first-order valence-corrected chi connectivity index (χ1v) is 9.41. The van der Waals surface area contributed by atoms with Crippen molar-refractivity contribution < 1.29 is 13.2 Å². The molecule has 1 aliphatic heterocycles. The highest BCUT2D eigenvalue weighted by Gasteiger charge is 2.18. The van der Waals surface area contributed by atoms with E-state index in [-0.39, 0.29) is 36.6 Å². The molecule has 0 radical (unpaired) electrons. The van der Waals surface area contributed by atoms with Gasteiger partial charge in [0.1, 0.15) is 4.21 Å². The van der Waals surface area contributed by atoms with E-state index in [1.807, 2.05) is 18.7 Å². The van der Waals surface area contributed by atoms with Crippen LogP contribution in [-0.4, -0.2) is 58.2 Å². The number of nitrogens with two attached hydrogens (primary N) is 1. The zero-order valence-electron chi connectivity index (χ0n) is 13.2. The molecule has 1 aliphatic rings. The Hall–Kier alpha value is -0.430. The first-order chi connectivity index (χ1) is 10.4. The van der Waals surface area contributed by atoms with Crippen molar-refractivity contribution in [1.29, 1.82) is 0 Å². The van der Waals surface area contributed by atoms with Crippen molar-refractivity contribution in [2.75, 3.05) is 32.8 Å². The van der Waals surface area contributed by atoms with Gasteiger partial charge in [0.2, 0.25) is 10.0 Å². The van der Waals surface area contributed by atoms with Crippen LogP contribution in [0.1, 0.15) is 11.8 Å². The van der Waals surface area contributed by atoms with Crippen LogP contribution in [0.25, 0.3) is 0 Å². The van der Waals surface area contributed by atoms with Crippen molar-refractivity contribution in [1.82, 2.24) is 9.62 Å². The van der Waals surface area contributed by atoms with Crippen molar-refractivity contribution in [3.63, 3.8) is 0 Å². The summed E-state index contributed by atoms with van der Waals surface area (Å²) in [7, 11) is -3.45. The van der Waals surface area contributed by atoms with Gasteiger partial charge in [-0.15, -0.1) is 35.3 Å². The third-order valence-corrected chi connectivity index (χ3v) is 6.18. The fourth-order valence-corrected chi connectivity index (χ4v) is 4.45. The van der Waals surface area contributed by atoms with Gasteiger partial charge in [-0.1, -0.05) is 0 Å². The second-order valence-electron chi connectivity index (χ2n) is 5.13. The summed E-state index contributed by atoms with van der Waals surface area (Å²) in [5.74, 6) is 0.432. The molecule has 2 heterocycles. The number of ether oxygens (including phenoxy) is 1. The molecule has 1 fully saturated rings. The summed E-state index contributed by atoms with van der Waals surface area (Å²) in [6.07, 6.45) is 0.128. The third-order valence-electron chi connectivity index (χ3n) is 3.22. The van der Waals surface area contributed by atoms with Gasteiger partial charge >= 0.3 is 0 Å². The number of aryl methyl sites for hydroxylation is 1. The molecule has 3 N–H and O–H groups in total. The van der Waals surface area contributed by atoms with Gasteiger partial charge in [-0.2, -0.15) is 0 Å². The maximum Gasteiger partial charge on any atom is 0.250 e. The molecule has 1 aromatic heterocycles. The molecule has 2 rings (SSSR count). The first-order valence-electron chi connectivity index (χ1n) is 7.11. The summed E-state index contributed by atoms with van der Waals surface area (Å²) in [6, 6.07) is 3.39. The second kappa shape index (κ2) is 9.16. The van der Waals surface area contributed by atoms with Crippen LogP contribution in [0.15, 0.2) is 21.3 Å². The SMILES string of the molecule is Cc1ccc(S(=O)(=O)NCCN=C(N)N2CCOC(C)C2)s1.I. The van der Waals surface area contributed by atoms with Crippen LogP contribution >= 0.6 is 35.3 Å². The van der Waals surface area contributed by atoms with Gasteiger partial charge < -0.3 is 15.4 Å². The van der Waals surface area contributed by atoms with Gasteiger partial charge in [-0.05, 0) is 26.0 Å². The van der Waals surface area contributed by atoms with E-state index < -0.39 is 10.0 Å². The van der Waals surface area contributed by atoms with Crippen molar-refractivity contribution in [2.45, 2.75) is 24.2 Å². The molecule has 132 valence electrons. The fourth-order valence-electron chi connectivity index (χ4n) is 2.10. The fraction of sp³-hybridized carbons (Fsp3) is 0.615. The second-order valence-corrected chi connectivity index (χ2v) is 8.41. The van der Waals surface area contributed by atoms with E-state index in [4.69, 9.17) is 10.5 Å². The van der Waals surface area contributed by atoms with Gasteiger partial charge in [-0.25, -0.2) is 13.1 Å². The number of hydrogen-bond acceptors (Lipinski definition) is 5. The summed E-state index contributed by atoms with van der Waals surface area (Å²) in [5.41, 5.74) is 5.92. The number of rotatable bonds is 5. The van der Waals surface area contributed by atoms with Crippen molar-refractivity contribution in [3.05, 3.63) is 17.0 Å². The Bertz CT molecular complexity index is 633. The molecule has 0 aromatic carbocycles. The van der Waals surface area contributed by atoms with Crippen LogP contribution in [0.4, 0.5) is 0 Å². The number of nitrogens with zero attached hydrogens (tertiary/aromatic N) is 2. The molecule has 0 amide bonds. The molecule has 1 unspecified atom stereocenters. The van der Waals surface area contributed by atoms with Gasteiger partial charge in [0.25, 0.3) is 0 Å². The Morgan fingerprint density at radius 3 is 2.91 bits per heavy atom. The van der Waals surface area contributed by atoms with Crippen LogP contribution in [0.5, 0.6) is 0 Å². The lowest BCUT2D eigenvalue weighted by Gasteiger charge is -2.31. The highest BCUT2D eigenvalue weighted by atomic mass is 127. The van der Waals surface area contributed by atoms with Crippen molar-refractivity contribution in [2.24, 2.45) is 10.7 Å². The van der Waals surface area contributed by atoms with E-state index in [0.717, 1.165) is 4.88 Å². The zero-order chi connectivity index (χ0) is 16.2. The Labute approximate surface area is 158 Å². The molecule has 0 bridgehead atoms. The minimum atomic E-state index is -3.45. The monoisotopic (exact) mass is 474 g/mol. The number of halogens is 1. The molecule has 10 heteroatoms. The van der Waals surface area contributed by atoms with E-state index in [2.05, 4.69) is 9.71 Å². The Morgan fingerprint density at radius 1 is 1.57 bits per heavy atom. The van der Waals surface area contributed by atoms with Gasteiger partial charge in [0, 0.05) is 24.5 Å². The highest BCUT2D eigenvalue weighted by Crippen LogP contribution is 2.19. The topological polar surface area (TPSA) is 97.0 Å². The van der Waals surface area contributed by atoms with E-state index in [9.17, 15) is 8.42 Å². The van der Waals surface area contributed by atoms with E-state index in [1.54, 1.807) is 12.1 Å². The average Bonchev–Trinajstić information content (AvgIpc) is 2.91. The molecular formula is C13H23IN4O3S2. The summed E-state index contributed by atoms with van der Waals surface area (Å²) in [6.45, 7) is 6.42. The molecule has 0 saturated carbocycles. The van der Waals surface area contributed by atoms with Crippen LogP contribution in [-0.2, 0) is 14.8 Å². The maximum absolute atomic E-state index is 12.0. The molecule has 7 nitrogen and oxygen atoms in total. The minimum Gasteiger partial charge on any atom is -0.375 e. The molecule has 1 atom stereocenters. The highest BCUT2D eigenvalue weighted by molar-refractivity contribution is 14.0. The number of morpholine rings is 1. The smallest absolute Gasteiger partial charge is 0.250 e. The van der Waals surface area contributed by atoms with E-state index in [0.29, 0.717) is 36.4 Å². The van der Waals surface area contributed by atoms with Crippen molar-refractivity contribution >= 4 is 51.3 Å². The molecule has 0 spiro atoms. The Balaban J connectivity index is 0.00000264. The molecule has 1 saturated heterocycles. The number of guanidine groups is 1. The molecular weight excluding hydrogens is 451 g/mol.